The van der Waals surface area contributed by atoms with Gasteiger partial charge in [-0.1, -0.05) is 13.8 Å². The van der Waals surface area contributed by atoms with Gasteiger partial charge >= 0.3 is 0 Å². The first-order chi connectivity index (χ1) is 5.65. The Kier molecular flexibility index (Phi) is 3.20. The summed E-state index contributed by atoms with van der Waals surface area (Å²) in [6.07, 6.45) is 0.927. The minimum absolute atomic E-state index is 0.509. The summed E-state index contributed by atoms with van der Waals surface area (Å²) in [7, 11) is 0. The first kappa shape index (κ1) is 9.65. The smallest absolute Gasteiger partial charge is 0.107 e. The van der Waals surface area contributed by atoms with Gasteiger partial charge in [0.05, 0.1) is 5.69 Å². The van der Waals surface area contributed by atoms with E-state index in [1.165, 1.54) is 11.4 Å². The van der Waals surface area contributed by atoms with Gasteiger partial charge in [0, 0.05) is 12.1 Å². The van der Waals surface area contributed by atoms with E-state index < -0.39 is 0 Å². The van der Waals surface area contributed by atoms with Crippen LogP contribution in [0.2, 0.25) is 0 Å². The number of nitrogens with one attached hydrogen (secondary N) is 1. The molecule has 0 saturated carbocycles. The molecule has 68 valence electrons. The molecule has 1 heterocycles. The van der Waals surface area contributed by atoms with Crippen LogP contribution in [0.15, 0.2) is 0 Å². The molecule has 0 radical (unpaired) electrons. The van der Waals surface area contributed by atoms with E-state index in [2.05, 4.69) is 43.4 Å². The Hall–Kier alpha value is -0.440. The van der Waals surface area contributed by atoms with Gasteiger partial charge in [0.15, 0.2) is 0 Å². The van der Waals surface area contributed by atoms with Crippen molar-refractivity contribution in [3.8, 4) is 0 Å². The highest BCUT2D eigenvalue weighted by Crippen LogP contribution is 2.16. The highest BCUT2D eigenvalue weighted by molar-refractivity contribution is 7.80. The minimum atomic E-state index is 0.509. The van der Waals surface area contributed by atoms with Gasteiger partial charge < -0.3 is 4.98 Å². The maximum atomic E-state index is 4.49. The summed E-state index contributed by atoms with van der Waals surface area (Å²) in [5.74, 6) is 2.42. The largest absolute Gasteiger partial charge is 0.346 e. The van der Waals surface area contributed by atoms with E-state index in [0.29, 0.717) is 5.92 Å². The number of imidazole rings is 1. The Morgan fingerprint density at radius 3 is 2.58 bits per heavy atom. The van der Waals surface area contributed by atoms with Gasteiger partial charge in [-0.25, -0.2) is 4.98 Å². The van der Waals surface area contributed by atoms with Crippen molar-refractivity contribution in [1.29, 1.82) is 0 Å². The van der Waals surface area contributed by atoms with Crippen LogP contribution in [0, 0.1) is 6.92 Å². The Morgan fingerprint density at radius 1 is 1.50 bits per heavy atom. The fraction of sp³-hybridized carbons (Fsp3) is 0.667. The van der Waals surface area contributed by atoms with Crippen LogP contribution in [0.1, 0.15) is 37.0 Å². The van der Waals surface area contributed by atoms with Gasteiger partial charge in [0.25, 0.3) is 0 Å². The highest BCUT2D eigenvalue weighted by atomic mass is 32.1. The minimum Gasteiger partial charge on any atom is -0.346 e. The van der Waals surface area contributed by atoms with Crippen molar-refractivity contribution in [1.82, 2.24) is 9.97 Å². The van der Waals surface area contributed by atoms with Crippen LogP contribution in [0.4, 0.5) is 0 Å². The molecule has 1 aromatic rings. The van der Waals surface area contributed by atoms with Gasteiger partial charge in [0.1, 0.15) is 5.82 Å². The summed E-state index contributed by atoms with van der Waals surface area (Å²) in [4.78, 5) is 7.76. The summed E-state index contributed by atoms with van der Waals surface area (Å²) in [5.41, 5.74) is 2.38. The van der Waals surface area contributed by atoms with Crippen molar-refractivity contribution in [2.75, 3.05) is 5.75 Å². The molecular formula is C9H16N2S. The van der Waals surface area contributed by atoms with Crippen molar-refractivity contribution in [2.45, 2.75) is 33.1 Å². The van der Waals surface area contributed by atoms with E-state index in [0.717, 1.165) is 18.0 Å². The molecule has 0 saturated heterocycles. The first-order valence-corrected chi connectivity index (χ1v) is 4.94. The Balaban J connectivity index is 2.85. The Morgan fingerprint density at radius 2 is 2.17 bits per heavy atom. The molecule has 0 atom stereocenters. The number of nitrogens with zero attached hydrogens (tertiary/aromatic N) is 1. The van der Waals surface area contributed by atoms with E-state index >= 15 is 0 Å². The van der Waals surface area contributed by atoms with Crippen LogP contribution in [-0.2, 0) is 6.42 Å². The molecule has 3 heteroatoms. The second-order valence-electron chi connectivity index (χ2n) is 3.32. The zero-order valence-corrected chi connectivity index (χ0v) is 8.78. The number of H-pyrrole nitrogens is 1. The van der Waals surface area contributed by atoms with Gasteiger partial charge in [0.2, 0.25) is 0 Å². The number of aromatic amines is 1. The number of thiol groups is 1. The summed E-state index contributed by atoms with van der Waals surface area (Å²) in [6.45, 7) is 6.39. The maximum Gasteiger partial charge on any atom is 0.107 e. The Labute approximate surface area is 79.2 Å². The average Bonchev–Trinajstić information content (AvgIpc) is 2.32. The lowest BCUT2D eigenvalue weighted by Gasteiger charge is -1.99. The van der Waals surface area contributed by atoms with Crippen molar-refractivity contribution >= 4 is 12.6 Å². The fourth-order valence-corrected chi connectivity index (χ4v) is 1.54. The number of rotatable bonds is 3. The Bertz CT molecular complexity index is 253. The van der Waals surface area contributed by atoms with Gasteiger partial charge in [-0.05, 0) is 18.6 Å². The summed E-state index contributed by atoms with van der Waals surface area (Å²) >= 11 is 4.17. The average molecular weight is 184 g/mol. The third kappa shape index (κ3) is 2.03. The highest BCUT2D eigenvalue weighted by Gasteiger charge is 2.08. The molecule has 1 aromatic heterocycles. The second-order valence-corrected chi connectivity index (χ2v) is 3.77. The van der Waals surface area contributed by atoms with Gasteiger partial charge in [-0.2, -0.15) is 12.6 Å². The van der Waals surface area contributed by atoms with Crippen LogP contribution < -0.4 is 0 Å². The molecule has 0 amide bonds. The molecule has 0 spiro atoms. The summed E-state index contributed by atoms with van der Waals surface area (Å²) in [6, 6.07) is 0. The molecule has 0 bridgehead atoms. The molecule has 0 aliphatic rings. The van der Waals surface area contributed by atoms with E-state index in [1.54, 1.807) is 0 Å². The quantitative estimate of drug-likeness (QED) is 0.693. The van der Waals surface area contributed by atoms with Gasteiger partial charge in [-0.15, -0.1) is 0 Å². The summed E-state index contributed by atoms with van der Waals surface area (Å²) in [5, 5.41) is 0. The molecule has 1 rings (SSSR count). The van der Waals surface area contributed by atoms with E-state index in [-0.39, 0.29) is 0 Å². The monoisotopic (exact) mass is 184 g/mol. The van der Waals surface area contributed by atoms with Crippen molar-refractivity contribution < 1.29 is 0 Å². The molecule has 0 aliphatic heterocycles. The molecule has 1 N–H and O–H groups in total. The van der Waals surface area contributed by atoms with Crippen molar-refractivity contribution in [3.05, 3.63) is 17.2 Å². The molecule has 0 fully saturated rings. The van der Waals surface area contributed by atoms with Crippen LogP contribution in [0.5, 0.6) is 0 Å². The van der Waals surface area contributed by atoms with E-state index in [1.807, 2.05) is 0 Å². The van der Waals surface area contributed by atoms with Crippen LogP contribution >= 0.6 is 12.6 Å². The predicted molar refractivity (Wildman–Crippen MR) is 55.0 cm³/mol. The van der Waals surface area contributed by atoms with Crippen molar-refractivity contribution in [2.24, 2.45) is 0 Å². The normalized spacial score (nSPS) is 11.1. The van der Waals surface area contributed by atoms with Gasteiger partial charge in [-0.3, -0.25) is 0 Å². The lowest BCUT2D eigenvalue weighted by molar-refractivity contribution is 0.816. The van der Waals surface area contributed by atoms with Crippen LogP contribution in [-0.4, -0.2) is 15.7 Å². The number of hydrogen-bond donors (Lipinski definition) is 2. The molecule has 0 aromatic carbocycles. The zero-order valence-electron chi connectivity index (χ0n) is 7.89. The fourth-order valence-electron chi connectivity index (χ4n) is 1.32. The third-order valence-corrected chi connectivity index (χ3v) is 2.09. The number of aryl methyl sites for hydroxylation is 2. The second kappa shape index (κ2) is 3.99. The lowest BCUT2D eigenvalue weighted by atomic mass is 10.1. The number of hydrogen-bond acceptors (Lipinski definition) is 2. The number of aromatic nitrogens is 2. The molecule has 12 heavy (non-hydrogen) atoms. The van der Waals surface area contributed by atoms with Crippen molar-refractivity contribution in [3.63, 3.8) is 0 Å². The summed E-state index contributed by atoms with van der Waals surface area (Å²) < 4.78 is 0. The van der Waals surface area contributed by atoms with E-state index in [9.17, 15) is 0 Å². The zero-order chi connectivity index (χ0) is 9.14. The first-order valence-electron chi connectivity index (χ1n) is 4.31. The molecule has 0 unspecified atom stereocenters. The molecular weight excluding hydrogens is 168 g/mol. The molecule has 0 aliphatic carbocycles. The van der Waals surface area contributed by atoms with Crippen LogP contribution in [0.3, 0.4) is 0 Å². The van der Waals surface area contributed by atoms with E-state index in [4.69, 9.17) is 0 Å². The predicted octanol–water partition coefficient (Wildman–Crippen LogP) is 2.31. The standard InChI is InChI=1S/C9H16N2S/c1-6(2)9-7(3)10-8(11-9)4-5-12/h6,12H,4-5H2,1-3H3,(H,10,11). The maximum absolute atomic E-state index is 4.49. The lowest BCUT2D eigenvalue weighted by Crippen LogP contribution is -1.91. The third-order valence-electron chi connectivity index (χ3n) is 1.87. The molecule has 2 nitrogen and oxygen atoms in total. The SMILES string of the molecule is Cc1[nH]c(CCS)nc1C(C)C. The topological polar surface area (TPSA) is 28.7 Å². The van der Waals surface area contributed by atoms with Crippen LogP contribution in [0.25, 0.3) is 0 Å².